The molecule has 0 unspecified atom stereocenters. The minimum Gasteiger partial charge on any atom is -0.340 e. The van der Waals surface area contributed by atoms with Crippen LogP contribution < -0.4 is 0 Å². The third kappa shape index (κ3) is 2.41. The fourth-order valence-corrected chi connectivity index (χ4v) is 1.49. The summed E-state index contributed by atoms with van der Waals surface area (Å²) in [5.74, 6) is -1.34. The van der Waals surface area contributed by atoms with Crippen molar-refractivity contribution >= 4 is 5.69 Å². The Morgan fingerprint density at radius 1 is 1.12 bits per heavy atom. The maximum absolute atomic E-state index is 13.3. The topological polar surface area (TPSA) is 31.2 Å². The fourth-order valence-electron chi connectivity index (χ4n) is 1.49. The highest BCUT2D eigenvalue weighted by atomic mass is 19.1. The van der Waals surface area contributed by atoms with Crippen LogP contribution in [0.25, 0.3) is 0 Å². The van der Waals surface area contributed by atoms with Crippen LogP contribution in [0.2, 0.25) is 0 Å². The zero-order chi connectivity index (χ0) is 12.4. The molecule has 0 aromatic heterocycles. The predicted octanol–water partition coefficient (Wildman–Crippen LogP) is 2.68. The molecule has 0 spiro atoms. The summed E-state index contributed by atoms with van der Waals surface area (Å²) in [5, 5.41) is 7.79. The minimum absolute atomic E-state index is 0.0279. The number of hydrogen-bond donors (Lipinski definition) is 0. The van der Waals surface area contributed by atoms with Crippen LogP contribution in [-0.2, 0) is 0 Å². The quantitative estimate of drug-likeness (QED) is 0.742. The van der Waals surface area contributed by atoms with Crippen molar-refractivity contribution in [2.45, 2.75) is 6.29 Å². The molecule has 1 aromatic rings. The van der Waals surface area contributed by atoms with E-state index in [4.69, 9.17) is 0 Å². The summed E-state index contributed by atoms with van der Waals surface area (Å²) in [4.78, 5) is 3.65. The van der Waals surface area contributed by atoms with Gasteiger partial charge in [0.25, 0.3) is 0 Å². The summed E-state index contributed by atoms with van der Waals surface area (Å²) in [6, 6.07) is 3.20. The molecule has 1 aromatic carbocycles. The second-order valence-corrected chi connectivity index (χ2v) is 3.79. The Hall–Kier alpha value is -1.98. The first kappa shape index (κ1) is 11.5. The van der Waals surface area contributed by atoms with Crippen molar-refractivity contribution in [1.29, 1.82) is 0 Å². The molecule has 6 heteroatoms. The maximum Gasteiger partial charge on any atom is 0.217 e. The van der Waals surface area contributed by atoms with Gasteiger partial charge in [-0.05, 0) is 12.1 Å². The van der Waals surface area contributed by atoms with E-state index < -0.39 is 11.6 Å². The maximum atomic E-state index is 13.3. The average molecular weight is 238 g/mol. The van der Waals surface area contributed by atoms with E-state index >= 15 is 0 Å². The molecule has 90 valence electrons. The second-order valence-electron chi connectivity index (χ2n) is 3.79. The first-order chi connectivity index (χ1) is 8.08. The fraction of sp³-hybridized carbons (Fsp3) is 0.273. The summed E-state index contributed by atoms with van der Waals surface area (Å²) < 4.78 is 26.0. The minimum atomic E-state index is -0.718. The summed E-state index contributed by atoms with van der Waals surface area (Å²) in [5.41, 5.74) is 0.0279. The standard InChI is InChI=1S/C11H12F2N4/c1-16-5-6-17(2)11(16)15-14-10-4-3-8(12)7-9(10)13/h3-7,11H,1-2H3. The molecule has 1 aliphatic heterocycles. The summed E-state index contributed by atoms with van der Waals surface area (Å²) >= 11 is 0. The highest BCUT2D eigenvalue weighted by Gasteiger charge is 2.19. The second kappa shape index (κ2) is 4.48. The highest BCUT2D eigenvalue weighted by molar-refractivity contribution is 5.37. The largest absolute Gasteiger partial charge is 0.340 e. The summed E-state index contributed by atoms with van der Waals surface area (Å²) in [7, 11) is 3.68. The van der Waals surface area contributed by atoms with Crippen LogP contribution in [-0.4, -0.2) is 30.2 Å². The van der Waals surface area contributed by atoms with Crippen LogP contribution in [0.3, 0.4) is 0 Å². The van der Waals surface area contributed by atoms with Crippen molar-refractivity contribution in [3.8, 4) is 0 Å². The van der Waals surface area contributed by atoms with E-state index in [1.165, 1.54) is 6.07 Å². The van der Waals surface area contributed by atoms with E-state index in [9.17, 15) is 8.78 Å². The first-order valence-corrected chi connectivity index (χ1v) is 5.06. The Balaban J connectivity index is 2.15. The SMILES string of the molecule is CN1C=CN(C)C1N=Nc1ccc(F)cc1F. The third-order valence-corrected chi connectivity index (χ3v) is 2.44. The molecule has 0 atom stereocenters. The molecule has 0 fully saturated rings. The van der Waals surface area contributed by atoms with Crippen LogP contribution >= 0.6 is 0 Å². The van der Waals surface area contributed by atoms with Crippen LogP contribution in [0.4, 0.5) is 14.5 Å². The van der Waals surface area contributed by atoms with E-state index in [1.807, 2.05) is 36.3 Å². The van der Waals surface area contributed by atoms with Gasteiger partial charge < -0.3 is 9.80 Å². The van der Waals surface area contributed by atoms with Crippen molar-refractivity contribution in [3.05, 3.63) is 42.2 Å². The third-order valence-electron chi connectivity index (χ3n) is 2.44. The molecule has 0 amide bonds. The van der Waals surface area contributed by atoms with Gasteiger partial charge in [0.1, 0.15) is 11.5 Å². The molecule has 0 N–H and O–H groups in total. The Morgan fingerprint density at radius 3 is 2.35 bits per heavy atom. The van der Waals surface area contributed by atoms with E-state index in [1.54, 1.807) is 0 Å². The van der Waals surface area contributed by atoms with Crippen LogP contribution in [0.15, 0.2) is 40.8 Å². The van der Waals surface area contributed by atoms with Gasteiger partial charge in [0.05, 0.1) is 0 Å². The van der Waals surface area contributed by atoms with Gasteiger partial charge in [-0.3, -0.25) is 0 Å². The zero-order valence-electron chi connectivity index (χ0n) is 9.51. The highest BCUT2D eigenvalue weighted by Crippen LogP contribution is 2.21. The van der Waals surface area contributed by atoms with Crippen LogP contribution in [0.1, 0.15) is 0 Å². The van der Waals surface area contributed by atoms with Crippen molar-refractivity contribution in [1.82, 2.24) is 9.80 Å². The molecular formula is C11H12F2N4. The van der Waals surface area contributed by atoms with Gasteiger partial charge >= 0.3 is 0 Å². The normalized spacial score (nSPS) is 16.5. The number of azo groups is 1. The van der Waals surface area contributed by atoms with E-state index in [0.717, 1.165) is 12.1 Å². The Morgan fingerprint density at radius 2 is 1.76 bits per heavy atom. The molecule has 0 aliphatic carbocycles. The lowest BCUT2D eigenvalue weighted by Crippen LogP contribution is -2.31. The number of benzene rings is 1. The van der Waals surface area contributed by atoms with Crippen molar-refractivity contribution in [3.63, 3.8) is 0 Å². The average Bonchev–Trinajstić information content (AvgIpc) is 2.58. The smallest absolute Gasteiger partial charge is 0.217 e. The predicted molar refractivity (Wildman–Crippen MR) is 59.3 cm³/mol. The molecule has 4 nitrogen and oxygen atoms in total. The Kier molecular flexibility index (Phi) is 3.03. The van der Waals surface area contributed by atoms with Crippen molar-refractivity contribution in [2.75, 3.05) is 14.1 Å². The van der Waals surface area contributed by atoms with Gasteiger partial charge in [0.2, 0.25) is 6.29 Å². The molecule has 0 saturated heterocycles. The van der Waals surface area contributed by atoms with E-state index in [-0.39, 0.29) is 12.0 Å². The van der Waals surface area contributed by atoms with Gasteiger partial charge in [0.15, 0.2) is 5.82 Å². The summed E-state index contributed by atoms with van der Waals surface area (Å²) in [6.07, 6.45) is 3.38. The van der Waals surface area contributed by atoms with E-state index in [2.05, 4.69) is 10.2 Å². The summed E-state index contributed by atoms with van der Waals surface area (Å²) in [6.45, 7) is 0. The Bertz CT molecular complexity index is 461. The lowest BCUT2D eigenvalue weighted by Gasteiger charge is -2.21. The van der Waals surface area contributed by atoms with E-state index in [0.29, 0.717) is 0 Å². The van der Waals surface area contributed by atoms with Gasteiger partial charge in [-0.2, -0.15) is 0 Å². The lowest BCUT2D eigenvalue weighted by molar-refractivity contribution is 0.206. The van der Waals surface area contributed by atoms with Crippen LogP contribution in [0.5, 0.6) is 0 Å². The van der Waals surface area contributed by atoms with Gasteiger partial charge in [-0.25, -0.2) is 8.78 Å². The molecule has 0 bridgehead atoms. The first-order valence-electron chi connectivity index (χ1n) is 5.06. The zero-order valence-corrected chi connectivity index (χ0v) is 9.51. The molecule has 1 aliphatic rings. The number of nitrogens with zero attached hydrogens (tertiary/aromatic N) is 4. The van der Waals surface area contributed by atoms with Gasteiger partial charge in [-0.1, -0.05) is 0 Å². The lowest BCUT2D eigenvalue weighted by atomic mass is 10.3. The van der Waals surface area contributed by atoms with Gasteiger partial charge in [0, 0.05) is 32.6 Å². The Labute approximate surface area is 97.9 Å². The molecule has 2 rings (SSSR count). The molecule has 0 saturated carbocycles. The van der Waals surface area contributed by atoms with Gasteiger partial charge in [-0.15, -0.1) is 10.2 Å². The molecule has 17 heavy (non-hydrogen) atoms. The molecule has 1 heterocycles. The van der Waals surface area contributed by atoms with Crippen LogP contribution in [0, 0.1) is 11.6 Å². The van der Waals surface area contributed by atoms with Crippen molar-refractivity contribution in [2.24, 2.45) is 10.2 Å². The monoisotopic (exact) mass is 238 g/mol. The molecule has 0 radical (unpaired) electrons. The van der Waals surface area contributed by atoms with Crippen molar-refractivity contribution < 1.29 is 8.78 Å². The molecular weight excluding hydrogens is 226 g/mol. The number of rotatable bonds is 2. The number of hydrogen-bond acceptors (Lipinski definition) is 4. The number of halogens is 2.